The van der Waals surface area contributed by atoms with Crippen LogP contribution in [0.3, 0.4) is 0 Å². The minimum Gasteiger partial charge on any atom is -0.490 e. The van der Waals surface area contributed by atoms with Crippen molar-refractivity contribution in [1.29, 1.82) is 0 Å². The highest BCUT2D eigenvalue weighted by molar-refractivity contribution is 14.1. The van der Waals surface area contributed by atoms with Crippen LogP contribution in [0.25, 0.3) is 6.08 Å². The smallest absolute Gasteiger partial charge is 0.326 e. The maximum atomic E-state index is 13.1. The van der Waals surface area contributed by atoms with Gasteiger partial charge in [0, 0.05) is 0 Å². The molecule has 180 valence electrons. The minimum atomic E-state index is -0.644. The largest absolute Gasteiger partial charge is 0.490 e. The number of amides is 2. The highest BCUT2D eigenvalue weighted by Gasteiger charge is 2.36. The second kappa shape index (κ2) is 11.7. The summed E-state index contributed by atoms with van der Waals surface area (Å²) in [6.45, 7) is 5.40. The molecule has 1 aliphatic rings. The summed E-state index contributed by atoms with van der Waals surface area (Å²) >= 11 is 2.86. The lowest BCUT2D eigenvalue weighted by molar-refractivity contribution is -0.149. The molecule has 0 aromatic heterocycles. The van der Waals surface area contributed by atoms with Crippen LogP contribution in [-0.4, -0.2) is 41.3 Å². The molecule has 0 spiro atoms. The summed E-state index contributed by atoms with van der Waals surface area (Å²) in [6.07, 6.45) is 1.23. The Bertz CT molecular complexity index is 1120. The summed E-state index contributed by atoms with van der Waals surface area (Å²) in [4.78, 5) is 38.0. The molecule has 3 rings (SSSR count). The number of halogens is 2. The van der Waals surface area contributed by atoms with Gasteiger partial charge in [0.1, 0.15) is 19.0 Å². The molecule has 2 aromatic rings. The van der Waals surface area contributed by atoms with E-state index in [4.69, 9.17) is 14.2 Å². The fraction of sp³-hybridized carbons (Fsp3) is 0.292. The molecule has 0 N–H and O–H groups in total. The Hall–Kier alpha value is -2.60. The zero-order valence-electron chi connectivity index (χ0n) is 18.8. The van der Waals surface area contributed by atoms with Crippen LogP contribution in [0.2, 0.25) is 0 Å². The van der Waals surface area contributed by atoms with Gasteiger partial charge in [0.05, 0.1) is 21.2 Å². The van der Waals surface area contributed by atoms with Crippen molar-refractivity contribution in [3.05, 3.63) is 61.8 Å². The minimum absolute atomic E-state index is 0.195. The third kappa shape index (κ3) is 6.72. The number of benzene rings is 2. The number of hydrogen-bond acceptors (Lipinski definition) is 7. The summed E-state index contributed by atoms with van der Waals surface area (Å²) < 4.78 is 30.6. The molecule has 0 saturated carbocycles. The maximum Gasteiger partial charge on any atom is 0.326 e. The first-order valence-corrected chi connectivity index (χ1v) is 12.4. The Morgan fingerprint density at radius 1 is 1.18 bits per heavy atom. The van der Waals surface area contributed by atoms with Crippen molar-refractivity contribution in [3.8, 4) is 11.5 Å². The van der Waals surface area contributed by atoms with Gasteiger partial charge in [-0.1, -0.05) is 12.1 Å². The van der Waals surface area contributed by atoms with Crippen molar-refractivity contribution in [1.82, 2.24) is 4.90 Å². The monoisotopic (exact) mass is 599 g/mol. The number of nitrogens with zero attached hydrogens (tertiary/aromatic N) is 1. The van der Waals surface area contributed by atoms with Gasteiger partial charge in [-0.3, -0.25) is 19.3 Å². The van der Waals surface area contributed by atoms with E-state index in [1.807, 2.05) is 6.92 Å². The van der Waals surface area contributed by atoms with E-state index < -0.39 is 23.7 Å². The quantitative estimate of drug-likeness (QED) is 0.217. The van der Waals surface area contributed by atoms with Gasteiger partial charge in [-0.15, -0.1) is 0 Å². The fourth-order valence-corrected chi connectivity index (χ4v) is 4.65. The highest BCUT2D eigenvalue weighted by Crippen LogP contribution is 2.38. The molecule has 34 heavy (non-hydrogen) atoms. The zero-order chi connectivity index (χ0) is 24.8. The van der Waals surface area contributed by atoms with E-state index in [2.05, 4.69) is 22.6 Å². The van der Waals surface area contributed by atoms with Gasteiger partial charge < -0.3 is 14.2 Å². The molecule has 0 radical (unpaired) electrons. The average molecular weight is 599 g/mol. The predicted octanol–water partition coefficient (Wildman–Crippen LogP) is 5.40. The van der Waals surface area contributed by atoms with Gasteiger partial charge in [0.25, 0.3) is 11.1 Å². The molecule has 1 heterocycles. The summed E-state index contributed by atoms with van der Waals surface area (Å²) in [7, 11) is 0. The van der Waals surface area contributed by atoms with Gasteiger partial charge in [0.15, 0.2) is 11.5 Å². The predicted molar refractivity (Wildman–Crippen MR) is 135 cm³/mol. The SMILES string of the molecule is CCOc1cc(/C=C2\SC(=O)N(CC(=O)OC(C)C)C2=O)cc(I)c1OCc1ccc(F)cc1. The Kier molecular flexibility index (Phi) is 8.95. The van der Waals surface area contributed by atoms with Crippen LogP contribution >= 0.6 is 34.4 Å². The van der Waals surface area contributed by atoms with Crippen molar-refractivity contribution in [3.63, 3.8) is 0 Å². The summed E-state index contributed by atoms with van der Waals surface area (Å²) in [6, 6.07) is 9.53. The van der Waals surface area contributed by atoms with E-state index >= 15 is 0 Å². The van der Waals surface area contributed by atoms with Crippen LogP contribution < -0.4 is 9.47 Å². The summed E-state index contributed by atoms with van der Waals surface area (Å²) in [5.74, 6) is -0.524. The topological polar surface area (TPSA) is 82.1 Å². The first kappa shape index (κ1) is 26.0. The fourth-order valence-electron chi connectivity index (χ4n) is 3.03. The molecule has 1 saturated heterocycles. The lowest BCUT2D eigenvalue weighted by atomic mass is 10.1. The normalized spacial score (nSPS) is 14.8. The van der Waals surface area contributed by atoms with Gasteiger partial charge in [0.2, 0.25) is 0 Å². The van der Waals surface area contributed by atoms with Crippen LogP contribution in [0.4, 0.5) is 9.18 Å². The lowest BCUT2D eigenvalue weighted by Gasteiger charge is -2.15. The van der Waals surface area contributed by atoms with Crippen molar-refractivity contribution in [2.24, 2.45) is 0 Å². The first-order chi connectivity index (χ1) is 16.2. The number of carbonyl (C=O) groups excluding carboxylic acids is 3. The molecular formula is C24H23FINO6S. The number of hydrogen-bond donors (Lipinski definition) is 0. The molecular weight excluding hydrogens is 576 g/mol. The third-order valence-corrected chi connectivity index (χ3v) is 6.16. The standard InChI is InChI=1S/C24H23FINO6S/c1-4-31-19-10-16(9-18(26)22(19)32-13-15-5-7-17(25)8-6-15)11-20-23(29)27(24(30)34-20)12-21(28)33-14(2)3/h5-11,14H,4,12-13H2,1-3H3/b20-11-. The number of ether oxygens (including phenoxy) is 3. The Labute approximate surface area is 214 Å². The Morgan fingerprint density at radius 2 is 1.88 bits per heavy atom. The van der Waals surface area contributed by atoms with Crippen molar-refractivity contribution < 1.29 is 33.0 Å². The molecule has 1 aliphatic heterocycles. The maximum absolute atomic E-state index is 13.1. The van der Waals surface area contributed by atoms with E-state index in [1.54, 1.807) is 44.2 Å². The number of carbonyl (C=O) groups is 3. The van der Waals surface area contributed by atoms with Crippen LogP contribution in [0.5, 0.6) is 11.5 Å². The van der Waals surface area contributed by atoms with Gasteiger partial charge in [-0.05, 0) is 96.6 Å². The van der Waals surface area contributed by atoms with Gasteiger partial charge >= 0.3 is 5.97 Å². The second-order valence-corrected chi connectivity index (χ2v) is 9.64. The number of thioether (sulfide) groups is 1. The number of esters is 1. The van der Waals surface area contributed by atoms with Crippen LogP contribution in [0, 0.1) is 9.39 Å². The molecule has 0 atom stereocenters. The van der Waals surface area contributed by atoms with E-state index in [9.17, 15) is 18.8 Å². The average Bonchev–Trinajstić information content (AvgIpc) is 3.01. The van der Waals surface area contributed by atoms with Crippen LogP contribution in [-0.2, 0) is 20.9 Å². The molecule has 1 fully saturated rings. The molecule has 10 heteroatoms. The van der Waals surface area contributed by atoms with Crippen LogP contribution in [0.1, 0.15) is 31.9 Å². The van der Waals surface area contributed by atoms with Gasteiger partial charge in [-0.2, -0.15) is 0 Å². The van der Waals surface area contributed by atoms with Crippen molar-refractivity contribution >= 4 is 57.5 Å². The Morgan fingerprint density at radius 3 is 2.53 bits per heavy atom. The molecule has 2 amide bonds. The molecule has 0 unspecified atom stereocenters. The van der Waals surface area contributed by atoms with Crippen molar-refractivity contribution in [2.75, 3.05) is 13.2 Å². The van der Waals surface area contributed by atoms with E-state index in [0.29, 0.717) is 23.7 Å². The first-order valence-electron chi connectivity index (χ1n) is 10.5. The summed E-state index contributed by atoms with van der Waals surface area (Å²) in [5.41, 5.74) is 1.44. The zero-order valence-corrected chi connectivity index (χ0v) is 21.8. The number of imide groups is 1. The Balaban J connectivity index is 1.80. The second-order valence-electron chi connectivity index (χ2n) is 7.48. The number of rotatable bonds is 9. The van der Waals surface area contributed by atoms with E-state index in [1.165, 1.54) is 12.1 Å². The molecule has 2 aromatic carbocycles. The molecule has 0 bridgehead atoms. The highest BCUT2D eigenvalue weighted by atomic mass is 127. The van der Waals surface area contributed by atoms with E-state index in [-0.39, 0.29) is 23.4 Å². The third-order valence-electron chi connectivity index (χ3n) is 4.45. The summed E-state index contributed by atoms with van der Waals surface area (Å²) in [5, 5.41) is -0.532. The lowest BCUT2D eigenvalue weighted by Crippen LogP contribution is -2.35. The van der Waals surface area contributed by atoms with E-state index in [0.717, 1.165) is 25.8 Å². The molecule has 0 aliphatic carbocycles. The van der Waals surface area contributed by atoms with Gasteiger partial charge in [-0.25, -0.2) is 4.39 Å². The van der Waals surface area contributed by atoms with Crippen molar-refractivity contribution in [2.45, 2.75) is 33.5 Å². The molecule has 7 nitrogen and oxygen atoms in total. The van der Waals surface area contributed by atoms with Crippen LogP contribution in [0.15, 0.2) is 41.3 Å².